The van der Waals surface area contributed by atoms with Crippen LogP contribution in [0, 0.1) is 13.8 Å². The minimum atomic E-state index is -0.136. The number of rotatable bonds is 6. The highest BCUT2D eigenvalue weighted by Crippen LogP contribution is 2.51. The number of anilines is 2. The molecule has 3 aliphatic heterocycles. The van der Waals surface area contributed by atoms with Crippen molar-refractivity contribution in [3.63, 3.8) is 0 Å². The van der Waals surface area contributed by atoms with E-state index in [9.17, 15) is 5.11 Å². The molecule has 244 valence electrons. The van der Waals surface area contributed by atoms with Gasteiger partial charge in [-0.25, -0.2) is 4.58 Å². The van der Waals surface area contributed by atoms with E-state index < -0.39 is 0 Å². The smallest absolute Gasteiger partial charge is 0.206 e. The van der Waals surface area contributed by atoms with E-state index in [1.807, 2.05) is 0 Å². The number of hydrogen-bond acceptors (Lipinski definition) is 4. The van der Waals surface area contributed by atoms with Crippen molar-refractivity contribution in [1.29, 1.82) is 0 Å². The quantitative estimate of drug-likeness (QED) is 0.329. The summed E-state index contributed by atoms with van der Waals surface area (Å²) in [4.78, 5) is 4.97. The molecule has 46 heavy (non-hydrogen) atoms. The zero-order valence-corrected chi connectivity index (χ0v) is 29.7. The maximum absolute atomic E-state index is 10.00. The number of nitrogens with zero attached hydrogens (tertiary/aromatic N) is 3. The largest absolute Gasteiger partial charge is 0.496 e. The van der Waals surface area contributed by atoms with Crippen molar-refractivity contribution < 1.29 is 14.4 Å². The van der Waals surface area contributed by atoms with E-state index in [0.29, 0.717) is 0 Å². The van der Waals surface area contributed by atoms with E-state index in [-0.39, 0.29) is 17.4 Å². The Morgan fingerprint density at radius 1 is 0.761 bits per heavy atom. The molecule has 0 spiro atoms. The molecule has 0 aromatic heterocycles. The zero-order valence-electron chi connectivity index (χ0n) is 29.7. The Morgan fingerprint density at radius 3 is 1.74 bits per heavy atom. The summed E-state index contributed by atoms with van der Waals surface area (Å²) >= 11 is 0. The van der Waals surface area contributed by atoms with Crippen LogP contribution >= 0.6 is 0 Å². The molecule has 0 atom stereocenters. The monoisotopic (exact) mass is 620 g/mol. The minimum Gasteiger partial charge on any atom is -0.496 e. The van der Waals surface area contributed by atoms with Crippen LogP contribution in [0.4, 0.5) is 11.4 Å². The van der Waals surface area contributed by atoms with E-state index in [2.05, 4.69) is 118 Å². The second kappa shape index (κ2) is 12.2. The standard InChI is InChI=1S/C41H54N3O2/c1-10-43-34-22-27(3)31(26-45)24-32(34)40(5,6)37(43)18-16-29-14-15-30(39(29)42-20-12-13-21-42)17-19-38-41(7,8)33-25-36(46-9)28(4)23-35(33)44(38)11-2/h16-19,22-25,45H,10-15,20-21,26H2,1-9H3/q+1. The minimum absolute atomic E-state index is 0.0803. The summed E-state index contributed by atoms with van der Waals surface area (Å²) in [7, 11) is 1.77. The molecule has 5 nitrogen and oxygen atoms in total. The molecule has 3 heterocycles. The lowest BCUT2D eigenvalue weighted by Gasteiger charge is -2.26. The Hall–Kier alpha value is -3.57. The average molecular weight is 621 g/mol. The number of aliphatic hydroxyl groups excluding tert-OH is 1. The van der Waals surface area contributed by atoms with Crippen molar-refractivity contribution in [1.82, 2.24) is 0 Å². The molecule has 4 aliphatic rings. The molecule has 5 heteroatoms. The molecule has 1 saturated carbocycles. The molecule has 2 aromatic rings. The van der Waals surface area contributed by atoms with Gasteiger partial charge in [-0.15, -0.1) is 0 Å². The molecule has 2 fully saturated rings. The van der Waals surface area contributed by atoms with Crippen molar-refractivity contribution in [2.45, 2.75) is 98.5 Å². The number of aryl methyl sites for hydroxylation is 2. The predicted octanol–water partition coefficient (Wildman–Crippen LogP) is 8.40. The van der Waals surface area contributed by atoms with Crippen LogP contribution in [-0.4, -0.2) is 48.7 Å². The Kier molecular flexibility index (Phi) is 8.60. The van der Waals surface area contributed by atoms with Gasteiger partial charge in [0.2, 0.25) is 5.71 Å². The third-order valence-corrected chi connectivity index (χ3v) is 11.1. The van der Waals surface area contributed by atoms with E-state index in [0.717, 1.165) is 55.9 Å². The van der Waals surface area contributed by atoms with Crippen LogP contribution in [0.2, 0.25) is 0 Å². The maximum Gasteiger partial charge on any atom is 0.206 e. The lowest BCUT2D eigenvalue weighted by atomic mass is 9.82. The molecule has 1 N–H and O–H groups in total. The van der Waals surface area contributed by atoms with Gasteiger partial charge in [0, 0.05) is 70.7 Å². The molecular formula is C41H54N3O2+. The molecule has 0 unspecified atom stereocenters. The Labute approximate surface area is 277 Å². The summed E-state index contributed by atoms with van der Waals surface area (Å²) in [6, 6.07) is 9.05. The van der Waals surface area contributed by atoms with Crippen LogP contribution in [0.25, 0.3) is 0 Å². The van der Waals surface area contributed by atoms with Gasteiger partial charge in [0.15, 0.2) is 0 Å². The highest BCUT2D eigenvalue weighted by Gasteiger charge is 2.42. The second-order valence-electron chi connectivity index (χ2n) is 14.6. The topological polar surface area (TPSA) is 39.0 Å². The number of ether oxygens (including phenoxy) is 1. The van der Waals surface area contributed by atoms with Gasteiger partial charge < -0.3 is 19.6 Å². The summed E-state index contributed by atoms with van der Waals surface area (Å²) in [5, 5.41) is 10.00. The van der Waals surface area contributed by atoms with E-state index >= 15 is 0 Å². The Morgan fingerprint density at radius 2 is 1.26 bits per heavy atom. The fourth-order valence-electron chi connectivity index (χ4n) is 8.48. The van der Waals surface area contributed by atoms with Crippen LogP contribution in [0.5, 0.6) is 5.75 Å². The number of hydrogen-bond donors (Lipinski definition) is 1. The summed E-state index contributed by atoms with van der Waals surface area (Å²) < 4.78 is 8.37. The van der Waals surface area contributed by atoms with Gasteiger partial charge in [0.05, 0.1) is 13.7 Å². The molecule has 2 aromatic carbocycles. The van der Waals surface area contributed by atoms with Crippen LogP contribution in [-0.2, 0) is 17.4 Å². The van der Waals surface area contributed by atoms with Crippen molar-refractivity contribution >= 4 is 17.1 Å². The summed E-state index contributed by atoms with van der Waals surface area (Å²) in [5.41, 5.74) is 15.4. The third kappa shape index (κ3) is 5.15. The third-order valence-electron chi connectivity index (χ3n) is 11.1. The fourth-order valence-corrected chi connectivity index (χ4v) is 8.48. The predicted molar refractivity (Wildman–Crippen MR) is 193 cm³/mol. The number of likely N-dealkylation sites (N-methyl/N-ethyl adjacent to an activating group) is 2. The first-order valence-corrected chi connectivity index (χ1v) is 17.4. The van der Waals surface area contributed by atoms with Gasteiger partial charge in [0.1, 0.15) is 18.8 Å². The van der Waals surface area contributed by atoms with Gasteiger partial charge >= 0.3 is 0 Å². The maximum atomic E-state index is 10.00. The number of allylic oxidation sites excluding steroid dienone is 8. The van der Waals surface area contributed by atoms with Crippen LogP contribution < -0.4 is 14.5 Å². The molecule has 6 rings (SSSR count). The van der Waals surface area contributed by atoms with Gasteiger partial charge in [-0.05, 0) is 98.7 Å². The van der Waals surface area contributed by atoms with Gasteiger partial charge in [0.25, 0.3) is 0 Å². The van der Waals surface area contributed by atoms with Crippen molar-refractivity contribution in [2.24, 2.45) is 0 Å². The normalized spacial score (nSPS) is 23.5. The first-order chi connectivity index (χ1) is 22.0. The number of benzene rings is 2. The van der Waals surface area contributed by atoms with Crippen LogP contribution in [0.1, 0.15) is 95.0 Å². The van der Waals surface area contributed by atoms with E-state index in [1.165, 1.54) is 69.2 Å². The molecule has 0 bridgehead atoms. The van der Waals surface area contributed by atoms with Crippen molar-refractivity contribution in [3.05, 3.63) is 98.9 Å². The lowest BCUT2D eigenvalue weighted by molar-refractivity contribution is -0.505. The first-order valence-electron chi connectivity index (χ1n) is 17.4. The molecule has 1 aliphatic carbocycles. The Balaban J connectivity index is 1.39. The zero-order chi connectivity index (χ0) is 33.0. The van der Waals surface area contributed by atoms with E-state index in [1.54, 1.807) is 7.11 Å². The molecule has 1 saturated heterocycles. The highest BCUT2D eigenvalue weighted by molar-refractivity contribution is 6.12. The van der Waals surface area contributed by atoms with Gasteiger partial charge in [-0.2, -0.15) is 0 Å². The van der Waals surface area contributed by atoms with Gasteiger partial charge in [-0.1, -0.05) is 45.9 Å². The number of fused-ring (bicyclic) bond motifs is 2. The summed E-state index contributed by atoms with van der Waals surface area (Å²) in [6.45, 7) is 22.3. The van der Waals surface area contributed by atoms with Gasteiger partial charge in [-0.3, -0.25) is 0 Å². The van der Waals surface area contributed by atoms with E-state index in [4.69, 9.17) is 4.74 Å². The number of methoxy groups -OCH3 is 1. The van der Waals surface area contributed by atoms with Crippen LogP contribution in [0.3, 0.4) is 0 Å². The Bertz CT molecular complexity index is 1590. The second-order valence-corrected chi connectivity index (χ2v) is 14.6. The number of aliphatic hydroxyl groups is 1. The SMILES string of the molecule is CCN1C(=CC=C2CC/C(=C\C=C3\N(CC)c4cc(C)c(OC)cc4C3(C)C)C2=[N+]2CCCC2)C(C)(C)c2cc(CO)c(C)cc21. The summed E-state index contributed by atoms with van der Waals surface area (Å²) in [5.74, 6) is 0.964. The molecular weight excluding hydrogens is 566 g/mol. The highest BCUT2D eigenvalue weighted by atomic mass is 16.5. The molecule has 0 amide bonds. The van der Waals surface area contributed by atoms with Crippen LogP contribution in [0.15, 0.2) is 71.1 Å². The lowest BCUT2D eigenvalue weighted by Crippen LogP contribution is -2.26. The van der Waals surface area contributed by atoms with Crippen molar-refractivity contribution in [3.8, 4) is 5.75 Å². The fraction of sp³-hybridized carbons (Fsp3) is 0.488. The average Bonchev–Trinajstić information content (AvgIpc) is 3.77. The van der Waals surface area contributed by atoms with Crippen molar-refractivity contribution in [2.75, 3.05) is 43.1 Å². The molecule has 0 radical (unpaired) electrons. The first kappa shape index (κ1) is 32.4. The summed E-state index contributed by atoms with van der Waals surface area (Å²) in [6.07, 6.45) is 14.3.